The minimum absolute atomic E-state index is 0.0937. The number of β-amino-alcohol motifs (C(OH)–C–C–N with tert-alkyl or cyclic N) is 1. The molecule has 0 bridgehead atoms. The van der Waals surface area contributed by atoms with E-state index in [0.717, 1.165) is 54.2 Å². The molecule has 1 unspecified atom stereocenters. The van der Waals surface area contributed by atoms with Crippen LogP contribution in [0.1, 0.15) is 25.1 Å². The third-order valence-corrected chi connectivity index (χ3v) is 6.59. The van der Waals surface area contributed by atoms with Crippen LogP contribution in [0.5, 0.6) is 0 Å². The lowest BCUT2D eigenvalue weighted by molar-refractivity contribution is 0.146. The van der Waals surface area contributed by atoms with Gasteiger partial charge in [-0.15, -0.1) is 0 Å². The van der Waals surface area contributed by atoms with Crippen molar-refractivity contribution in [3.63, 3.8) is 0 Å². The van der Waals surface area contributed by atoms with Gasteiger partial charge in [0.2, 0.25) is 0 Å². The quantitative estimate of drug-likeness (QED) is 0.507. The van der Waals surface area contributed by atoms with Crippen molar-refractivity contribution in [1.82, 2.24) is 23.7 Å². The van der Waals surface area contributed by atoms with Crippen molar-refractivity contribution in [1.29, 1.82) is 0 Å². The Labute approximate surface area is 192 Å². The Morgan fingerprint density at radius 1 is 1.12 bits per heavy atom. The SMILES string of the molecule is CCc1cc(-c2cc(=O)n3cc(N4CCN(CCO)C(C)C4)ccc3n2)cn2cc(C)nc12. The monoisotopic (exact) mass is 446 g/mol. The molecule has 0 saturated carbocycles. The zero-order valence-electron chi connectivity index (χ0n) is 19.4. The zero-order chi connectivity index (χ0) is 23.1. The van der Waals surface area contributed by atoms with Crippen LogP contribution in [-0.4, -0.2) is 67.6 Å². The van der Waals surface area contributed by atoms with Gasteiger partial charge in [-0.25, -0.2) is 9.97 Å². The molecule has 4 aromatic rings. The van der Waals surface area contributed by atoms with Gasteiger partial charge < -0.3 is 14.4 Å². The minimum atomic E-state index is -0.0937. The van der Waals surface area contributed by atoms with Crippen molar-refractivity contribution in [2.24, 2.45) is 0 Å². The van der Waals surface area contributed by atoms with Crippen LogP contribution >= 0.6 is 0 Å². The molecule has 1 aliphatic rings. The van der Waals surface area contributed by atoms with Crippen molar-refractivity contribution in [2.45, 2.75) is 33.2 Å². The zero-order valence-corrected chi connectivity index (χ0v) is 19.4. The van der Waals surface area contributed by atoms with Crippen LogP contribution in [0.2, 0.25) is 0 Å². The van der Waals surface area contributed by atoms with Crippen LogP contribution in [0.4, 0.5) is 5.69 Å². The van der Waals surface area contributed by atoms with E-state index in [1.807, 2.05) is 42.0 Å². The Kier molecular flexibility index (Phi) is 5.64. The van der Waals surface area contributed by atoms with Crippen LogP contribution in [0.25, 0.3) is 22.6 Å². The Hall–Kier alpha value is -3.23. The van der Waals surface area contributed by atoms with Gasteiger partial charge in [0.05, 0.1) is 23.7 Å². The summed E-state index contributed by atoms with van der Waals surface area (Å²) in [4.78, 5) is 27.1. The molecule has 1 N–H and O–H groups in total. The van der Waals surface area contributed by atoms with Crippen LogP contribution in [0, 0.1) is 6.92 Å². The predicted molar refractivity (Wildman–Crippen MR) is 130 cm³/mol. The van der Waals surface area contributed by atoms with E-state index >= 15 is 0 Å². The Balaban J connectivity index is 1.50. The smallest absolute Gasteiger partial charge is 0.258 e. The summed E-state index contributed by atoms with van der Waals surface area (Å²) in [6, 6.07) is 8.00. The van der Waals surface area contributed by atoms with E-state index in [0.29, 0.717) is 23.9 Å². The van der Waals surface area contributed by atoms with E-state index in [1.165, 1.54) is 0 Å². The van der Waals surface area contributed by atoms with Crippen LogP contribution in [-0.2, 0) is 6.42 Å². The largest absolute Gasteiger partial charge is 0.395 e. The van der Waals surface area contributed by atoms with Gasteiger partial charge in [0.1, 0.15) is 11.3 Å². The summed E-state index contributed by atoms with van der Waals surface area (Å²) >= 11 is 0. The van der Waals surface area contributed by atoms with Gasteiger partial charge in [0.25, 0.3) is 5.56 Å². The Morgan fingerprint density at radius 2 is 1.97 bits per heavy atom. The van der Waals surface area contributed by atoms with Gasteiger partial charge in [0.15, 0.2) is 0 Å². The molecule has 0 radical (unpaired) electrons. The van der Waals surface area contributed by atoms with E-state index in [4.69, 9.17) is 4.98 Å². The summed E-state index contributed by atoms with van der Waals surface area (Å²) in [7, 11) is 0. The second-order valence-electron chi connectivity index (χ2n) is 8.87. The van der Waals surface area contributed by atoms with Gasteiger partial charge in [0, 0.05) is 62.4 Å². The standard InChI is InChI=1S/C25H30N6O2/c1-4-19-11-20(15-30-13-17(2)26-25(19)30)22-12-24(33)31-16-21(5-6-23(31)27-22)29-8-7-28(9-10-32)18(3)14-29/h5-6,11-13,15-16,18,32H,4,7-10,14H2,1-3H3. The average molecular weight is 447 g/mol. The number of nitrogens with zero attached hydrogens (tertiary/aromatic N) is 6. The first kappa shape index (κ1) is 21.6. The highest BCUT2D eigenvalue weighted by atomic mass is 16.3. The number of hydrogen-bond acceptors (Lipinski definition) is 6. The van der Waals surface area contributed by atoms with Crippen LogP contribution in [0.15, 0.2) is 47.7 Å². The minimum Gasteiger partial charge on any atom is -0.395 e. The van der Waals surface area contributed by atoms with Gasteiger partial charge in [-0.3, -0.25) is 14.1 Å². The van der Waals surface area contributed by atoms with E-state index < -0.39 is 0 Å². The molecule has 1 atom stereocenters. The first-order valence-electron chi connectivity index (χ1n) is 11.6. The van der Waals surface area contributed by atoms with E-state index in [1.54, 1.807) is 10.5 Å². The third-order valence-electron chi connectivity index (χ3n) is 6.59. The first-order chi connectivity index (χ1) is 16.0. The normalized spacial score (nSPS) is 17.3. The Morgan fingerprint density at radius 3 is 2.73 bits per heavy atom. The maximum atomic E-state index is 13.1. The van der Waals surface area contributed by atoms with Gasteiger partial charge in [-0.1, -0.05) is 6.92 Å². The maximum Gasteiger partial charge on any atom is 0.258 e. The van der Waals surface area contributed by atoms with Crippen molar-refractivity contribution >= 4 is 17.0 Å². The molecule has 8 nitrogen and oxygen atoms in total. The molecule has 1 fully saturated rings. The van der Waals surface area contributed by atoms with Gasteiger partial charge >= 0.3 is 0 Å². The van der Waals surface area contributed by atoms with Crippen molar-refractivity contribution < 1.29 is 5.11 Å². The lowest BCUT2D eigenvalue weighted by Gasteiger charge is -2.40. The van der Waals surface area contributed by atoms with Crippen molar-refractivity contribution in [2.75, 3.05) is 37.7 Å². The maximum absolute atomic E-state index is 13.1. The number of aliphatic hydroxyl groups excluding tert-OH is 1. The topological polar surface area (TPSA) is 78.4 Å². The summed E-state index contributed by atoms with van der Waals surface area (Å²) < 4.78 is 3.65. The second-order valence-corrected chi connectivity index (χ2v) is 8.87. The number of imidazole rings is 1. The molecule has 8 heteroatoms. The predicted octanol–water partition coefficient (Wildman–Crippen LogP) is 2.38. The Bertz CT molecular complexity index is 1370. The van der Waals surface area contributed by atoms with Gasteiger partial charge in [-0.05, 0) is 44.0 Å². The number of piperazine rings is 1. The molecule has 0 spiro atoms. The fourth-order valence-corrected chi connectivity index (χ4v) is 4.81. The number of aliphatic hydroxyl groups is 1. The lowest BCUT2D eigenvalue weighted by atomic mass is 10.1. The highest BCUT2D eigenvalue weighted by Crippen LogP contribution is 2.24. The molecule has 0 aromatic carbocycles. The molecule has 5 rings (SSSR count). The molecule has 172 valence electrons. The highest BCUT2D eigenvalue weighted by Gasteiger charge is 2.23. The molecule has 1 aliphatic heterocycles. The highest BCUT2D eigenvalue weighted by molar-refractivity contribution is 5.66. The van der Waals surface area contributed by atoms with Crippen LogP contribution < -0.4 is 10.5 Å². The number of hydrogen-bond donors (Lipinski definition) is 1. The lowest BCUT2D eigenvalue weighted by Crippen LogP contribution is -2.52. The average Bonchev–Trinajstić information content (AvgIpc) is 3.19. The van der Waals surface area contributed by atoms with Crippen LogP contribution in [0.3, 0.4) is 0 Å². The fraction of sp³-hybridized carbons (Fsp3) is 0.400. The number of pyridine rings is 2. The fourth-order valence-electron chi connectivity index (χ4n) is 4.81. The summed E-state index contributed by atoms with van der Waals surface area (Å²) in [5, 5.41) is 9.25. The molecule has 4 aromatic heterocycles. The summed E-state index contributed by atoms with van der Waals surface area (Å²) in [5.41, 5.74) is 6.18. The number of aromatic nitrogens is 4. The number of anilines is 1. The number of rotatable bonds is 5. The van der Waals surface area contributed by atoms with E-state index in [2.05, 4.69) is 34.7 Å². The first-order valence-corrected chi connectivity index (χ1v) is 11.6. The molecular weight excluding hydrogens is 416 g/mol. The van der Waals surface area contributed by atoms with E-state index in [9.17, 15) is 9.90 Å². The molecule has 0 aliphatic carbocycles. The summed E-state index contributed by atoms with van der Waals surface area (Å²) in [6.45, 7) is 9.75. The second kappa shape index (κ2) is 8.61. The molecule has 1 saturated heterocycles. The molecular formula is C25H30N6O2. The van der Waals surface area contributed by atoms with Crippen molar-refractivity contribution in [3.05, 3.63) is 64.5 Å². The summed E-state index contributed by atoms with van der Waals surface area (Å²) in [6.07, 6.45) is 6.74. The number of fused-ring (bicyclic) bond motifs is 2. The van der Waals surface area contributed by atoms with Crippen molar-refractivity contribution in [3.8, 4) is 11.3 Å². The number of aryl methyl sites for hydroxylation is 2. The third kappa shape index (κ3) is 4.00. The molecule has 33 heavy (non-hydrogen) atoms. The summed E-state index contributed by atoms with van der Waals surface area (Å²) in [5.74, 6) is 0. The van der Waals surface area contributed by atoms with Gasteiger partial charge in [-0.2, -0.15) is 0 Å². The van der Waals surface area contributed by atoms with E-state index in [-0.39, 0.29) is 12.2 Å². The molecule has 5 heterocycles. The molecule has 0 amide bonds.